The van der Waals surface area contributed by atoms with Gasteiger partial charge in [-0.1, -0.05) is 42.5 Å². The summed E-state index contributed by atoms with van der Waals surface area (Å²) in [4.78, 5) is 96.6. The number of ether oxygens (including phenoxy) is 2. The highest BCUT2D eigenvalue weighted by Crippen LogP contribution is 2.31. The van der Waals surface area contributed by atoms with E-state index in [2.05, 4.69) is 123 Å². The number of nitrogen functional groups attached to an aromatic ring is 1. The van der Waals surface area contributed by atoms with Crippen LogP contribution in [0.2, 0.25) is 0 Å². The molecule has 13 aromatic heterocycles. The van der Waals surface area contributed by atoms with Crippen molar-refractivity contribution in [3.63, 3.8) is 0 Å². The number of imidazole rings is 3. The number of pyridine rings is 7. The van der Waals surface area contributed by atoms with Crippen LogP contribution in [0.1, 0.15) is 25.0 Å². The smallest absolute Gasteiger partial charge is 0.222 e. The Labute approximate surface area is 592 Å². The van der Waals surface area contributed by atoms with Gasteiger partial charge in [0.15, 0.2) is 62.9 Å². The van der Waals surface area contributed by atoms with Crippen LogP contribution in [0.3, 0.4) is 0 Å². The zero-order valence-corrected chi connectivity index (χ0v) is 57.3. The maximum absolute atomic E-state index is 11.4. The van der Waals surface area contributed by atoms with Gasteiger partial charge in [-0.15, -0.1) is 0 Å². The minimum absolute atomic E-state index is 0.190. The van der Waals surface area contributed by atoms with E-state index in [1.165, 1.54) is 13.8 Å². The third-order valence-corrected chi connectivity index (χ3v) is 15.2. The Morgan fingerprint density at radius 2 is 0.881 bits per heavy atom. The van der Waals surface area contributed by atoms with Crippen LogP contribution in [0, 0.1) is 0 Å². The van der Waals surface area contributed by atoms with Gasteiger partial charge >= 0.3 is 0 Å². The van der Waals surface area contributed by atoms with Crippen molar-refractivity contribution in [2.45, 2.75) is 26.9 Å². The summed E-state index contributed by atoms with van der Waals surface area (Å²) < 4.78 is 16.0. The van der Waals surface area contributed by atoms with Crippen LogP contribution in [0.15, 0.2) is 223 Å². The summed E-state index contributed by atoms with van der Waals surface area (Å²) in [5.41, 5.74) is 16.4. The van der Waals surface area contributed by atoms with Crippen LogP contribution in [0.25, 0.3) is 68.0 Å². The van der Waals surface area contributed by atoms with Crippen molar-refractivity contribution in [1.82, 2.24) is 93.9 Å². The molecule has 31 heteroatoms. The standard InChI is InChI=1S/C25H22N8O2.C23H18BrN7O.C17H14N8O.C5H5BrN2/c1-16(34)29-21-13-18(10-12-27-21)30-24-22-25(32-23(31-24)20-5-3-4-11-26-20)33(15-28-22)14-17-6-8-19(35-2)9-7-17;1-32-17-7-5-15(6-8-17)13-31-14-27-20-22(28-16-9-11-26-19(24)12-16)29-21(30-23(20)31)18-4-2-3-10-25-18;1-10(26)22-13-8-11(5-7-19-13)23-17-14-16(21-9-20-14)24-15(25-17)12-4-2-3-6-18-12;6-5-3-4(7)1-2-8-5/h3-13,15H,14H2,1-2H3,(H2,27,29,30,31,32,34);2-12,14H,13H2,1H3,(H,26,28,29,30);2-9H,1H3,(H3,19,20,21,22,23,24,25,26);1-3H,(H2,7,8). The number of fused-ring (bicyclic) bond motifs is 3. The molecule has 0 spiro atoms. The van der Waals surface area contributed by atoms with Crippen molar-refractivity contribution in [3.05, 3.63) is 234 Å². The summed E-state index contributed by atoms with van der Waals surface area (Å²) in [6.45, 7) is 4.05. The molecule has 13 heterocycles. The Kier molecular flexibility index (Phi) is 21.7. The second-order valence-electron chi connectivity index (χ2n) is 21.6. The SMILES string of the molecule is CC(=O)Nc1cc(Nc2nc(-c3ccccn3)nc3nc[nH]c23)ccn1.COc1ccc(Cn2cnc3c(Nc4ccnc(Br)c4)nc(-c4ccccn4)nc32)cc1.COc1ccc(Cn2cnc3c(Nc4ccnc(NC(C)=O)c4)nc(-c4ccccn4)nc32)cc1.Nc1ccnc(Br)c1. The van der Waals surface area contributed by atoms with Crippen LogP contribution >= 0.6 is 31.9 Å². The Morgan fingerprint density at radius 3 is 1.30 bits per heavy atom. The molecule has 502 valence electrons. The predicted molar refractivity (Wildman–Crippen MR) is 391 cm³/mol. The molecule has 0 atom stereocenters. The van der Waals surface area contributed by atoms with Gasteiger partial charge in [-0.3, -0.25) is 24.5 Å². The summed E-state index contributed by atoms with van der Waals surface area (Å²) in [5.74, 6) is 5.22. The molecule has 0 aliphatic heterocycles. The molecule has 0 unspecified atom stereocenters. The van der Waals surface area contributed by atoms with Gasteiger partial charge in [0.1, 0.15) is 54.9 Å². The van der Waals surface area contributed by atoms with Gasteiger partial charge in [-0.2, -0.15) is 0 Å². The molecule has 0 aliphatic carbocycles. The number of halogens is 2. The minimum atomic E-state index is -0.200. The van der Waals surface area contributed by atoms with E-state index in [0.717, 1.165) is 43.2 Å². The molecule has 8 N–H and O–H groups in total. The van der Waals surface area contributed by atoms with E-state index < -0.39 is 0 Å². The molecule has 2 aromatic carbocycles. The number of carbonyl (C=O) groups excluding carboxylic acids is 2. The second kappa shape index (κ2) is 32.3. The van der Waals surface area contributed by atoms with Crippen molar-refractivity contribution in [3.8, 4) is 46.1 Å². The number of nitrogens with two attached hydrogens (primary N) is 1. The van der Waals surface area contributed by atoms with E-state index in [1.54, 1.807) is 113 Å². The van der Waals surface area contributed by atoms with Gasteiger partial charge in [0.25, 0.3) is 0 Å². The molecule has 0 aliphatic rings. The van der Waals surface area contributed by atoms with Gasteiger partial charge in [-0.05, 0) is 140 Å². The molecule has 0 fully saturated rings. The molecule has 0 bridgehead atoms. The summed E-state index contributed by atoms with van der Waals surface area (Å²) >= 11 is 6.58. The lowest BCUT2D eigenvalue weighted by molar-refractivity contribution is -0.115. The van der Waals surface area contributed by atoms with Crippen molar-refractivity contribution in [1.29, 1.82) is 0 Å². The number of H-pyrrole nitrogens is 1. The van der Waals surface area contributed by atoms with Gasteiger partial charge in [-0.25, -0.2) is 64.8 Å². The number of nitrogens with zero attached hydrogens (tertiary/aromatic N) is 18. The first kappa shape index (κ1) is 67.8. The number of amides is 2. The lowest BCUT2D eigenvalue weighted by Gasteiger charge is -2.11. The number of hydrogen-bond acceptors (Lipinski definition) is 24. The first-order chi connectivity index (χ1) is 49.3. The predicted octanol–water partition coefficient (Wildman–Crippen LogP) is 12.8. The van der Waals surface area contributed by atoms with Crippen molar-refractivity contribution >= 4 is 129 Å². The van der Waals surface area contributed by atoms with E-state index in [9.17, 15) is 9.59 Å². The van der Waals surface area contributed by atoms with Crippen LogP contribution < -0.4 is 41.8 Å². The zero-order valence-electron chi connectivity index (χ0n) is 54.1. The minimum Gasteiger partial charge on any atom is -0.497 e. The highest BCUT2D eigenvalue weighted by atomic mass is 79.9. The lowest BCUT2D eigenvalue weighted by Crippen LogP contribution is -2.08. The summed E-state index contributed by atoms with van der Waals surface area (Å²) in [5, 5.41) is 15.2. The lowest BCUT2D eigenvalue weighted by atomic mass is 10.2. The van der Waals surface area contributed by atoms with Gasteiger partial charge in [0, 0.05) is 92.1 Å². The summed E-state index contributed by atoms with van der Waals surface area (Å²) in [7, 11) is 3.30. The molecular formula is C70H59Br2N25O4. The fraction of sp³-hybridized carbons (Fsp3) is 0.0857. The average molecular weight is 1470 g/mol. The Hall–Kier alpha value is -13.2. The third kappa shape index (κ3) is 17.9. The number of methoxy groups -OCH3 is 2. The number of anilines is 9. The van der Waals surface area contributed by atoms with Crippen LogP contribution in [-0.2, 0) is 22.7 Å². The fourth-order valence-corrected chi connectivity index (χ4v) is 10.5. The molecule has 15 rings (SSSR count). The molecule has 2 amide bonds. The number of carbonyl (C=O) groups is 2. The Bertz CT molecular complexity index is 5310. The summed E-state index contributed by atoms with van der Waals surface area (Å²) in [6, 6.07) is 46.8. The number of hydrogen-bond donors (Lipinski definition) is 7. The fourth-order valence-electron chi connectivity index (χ4n) is 9.72. The first-order valence-corrected chi connectivity index (χ1v) is 32.3. The molecule has 15 aromatic rings. The Balaban J connectivity index is 0.000000137. The van der Waals surface area contributed by atoms with Crippen LogP contribution in [0.4, 0.5) is 51.8 Å². The third-order valence-electron chi connectivity index (χ3n) is 14.3. The van der Waals surface area contributed by atoms with E-state index in [4.69, 9.17) is 35.1 Å². The van der Waals surface area contributed by atoms with Crippen molar-refractivity contribution < 1.29 is 19.1 Å². The second-order valence-corrected chi connectivity index (χ2v) is 23.2. The topological polar surface area (TPSA) is 371 Å². The van der Waals surface area contributed by atoms with Gasteiger partial charge in [0.05, 0.1) is 46.3 Å². The van der Waals surface area contributed by atoms with E-state index in [1.807, 2.05) is 124 Å². The maximum Gasteiger partial charge on any atom is 0.222 e. The van der Waals surface area contributed by atoms with E-state index >= 15 is 0 Å². The number of aromatic amines is 1. The largest absolute Gasteiger partial charge is 0.497 e. The monoisotopic (exact) mass is 1470 g/mol. The molecule has 29 nitrogen and oxygen atoms in total. The van der Waals surface area contributed by atoms with Crippen molar-refractivity contribution in [2.24, 2.45) is 0 Å². The molecule has 0 radical (unpaired) electrons. The quantitative estimate of drug-likeness (QED) is 0.0416. The maximum atomic E-state index is 11.4. The zero-order chi connectivity index (χ0) is 70.0. The Morgan fingerprint density at radius 1 is 0.455 bits per heavy atom. The first-order valence-electron chi connectivity index (χ1n) is 30.7. The number of nitrogens with one attached hydrogen (secondary N) is 6. The highest BCUT2D eigenvalue weighted by Gasteiger charge is 2.20. The molecule has 0 saturated carbocycles. The van der Waals surface area contributed by atoms with E-state index in [-0.39, 0.29) is 11.8 Å². The molecule has 101 heavy (non-hydrogen) atoms. The van der Waals surface area contributed by atoms with Gasteiger partial charge < -0.3 is 55.9 Å². The number of benzene rings is 2. The normalized spacial score (nSPS) is 10.7. The van der Waals surface area contributed by atoms with E-state index in [0.29, 0.717) is 122 Å². The molecular weight excluding hydrogens is 1410 g/mol. The summed E-state index contributed by atoms with van der Waals surface area (Å²) in [6.07, 6.45) is 16.8. The number of rotatable bonds is 17. The molecule has 0 saturated heterocycles. The van der Waals surface area contributed by atoms with Crippen LogP contribution in [0.5, 0.6) is 11.5 Å². The van der Waals surface area contributed by atoms with Crippen molar-refractivity contribution in [2.75, 3.05) is 46.5 Å². The van der Waals surface area contributed by atoms with Gasteiger partial charge in [0.2, 0.25) is 11.8 Å². The highest BCUT2D eigenvalue weighted by molar-refractivity contribution is 9.10. The van der Waals surface area contributed by atoms with Crippen LogP contribution in [-0.4, -0.2) is 120 Å². The number of aromatic nitrogens is 19. The average Bonchev–Trinajstić information content (AvgIpc) is 1.70.